The minimum absolute atomic E-state index is 0.0879. The Balaban J connectivity index is 0.000000469. The van der Waals surface area contributed by atoms with E-state index < -0.39 is 10.4 Å². The van der Waals surface area contributed by atoms with E-state index >= 15 is 0 Å². The fourth-order valence-electron chi connectivity index (χ4n) is 2.25. The highest BCUT2D eigenvalue weighted by Gasteiger charge is 2.08. The van der Waals surface area contributed by atoms with Crippen LogP contribution in [0.5, 0.6) is 0 Å². The van der Waals surface area contributed by atoms with Crippen LogP contribution in [0.1, 0.15) is 11.1 Å². The number of aryl methyl sites for hydroxylation is 1. The second-order valence-electron chi connectivity index (χ2n) is 6.03. The van der Waals surface area contributed by atoms with Gasteiger partial charge in [-0.2, -0.15) is 13.5 Å². The topological polar surface area (TPSA) is 156 Å². The number of aromatic nitrogens is 3. The van der Waals surface area contributed by atoms with Gasteiger partial charge < -0.3 is 10.8 Å². The first-order valence-corrected chi connectivity index (χ1v) is 9.99. The third-order valence-corrected chi connectivity index (χ3v) is 4.30. The van der Waals surface area contributed by atoms with Gasteiger partial charge in [-0.05, 0) is 11.6 Å². The van der Waals surface area contributed by atoms with E-state index in [0.29, 0.717) is 29.3 Å². The Kier molecular flexibility index (Phi) is 8.12. The van der Waals surface area contributed by atoms with Gasteiger partial charge in [0, 0.05) is 17.7 Å². The molecule has 30 heavy (non-hydrogen) atoms. The Morgan fingerprint density at radius 2 is 1.77 bits per heavy atom. The summed E-state index contributed by atoms with van der Waals surface area (Å²) in [5.74, 6) is 0.452. The quantitative estimate of drug-likeness (QED) is 0.302. The summed E-state index contributed by atoms with van der Waals surface area (Å²) in [7, 11) is -1.32. The lowest BCUT2D eigenvalue weighted by Gasteiger charge is -2.03. The van der Waals surface area contributed by atoms with E-state index in [1.165, 1.54) is 0 Å². The van der Waals surface area contributed by atoms with E-state index in [2.05, 4.69) is 19.5 Å². The second kappa shape index (κ2) is 10.5. The fraction of sp³-hybridized carbons (Fsp3) is 0.222. The summed E-state index contributed by atoms with van der Waals surface area (Å²) in [6.07, 6.45) is 5.53. The van der Waals surface area contributed by atoms with Gasteiger partial charge in [-0.15, -0.1) is 10.2 Å². The Morgan fingerprint density at radius 3 is 2.37 bits per heavy atom. The molecular formula is C18H23N6O5S+. The molecule has 11 nitrogen and oxygen atoms in total. The lowest BCUT2D eigenvalue weighted by Crippen LogP contribution is -2.26. The number of aliphatic hydroxyl groups is 1. The van der Waals surface area contributed by atoms with Crippen LogP contribution in [0.4, 0.5) is 17.2 Å². The SMILES string of the molecule is COS(=O)(=O)O.C[n+]1ccc(Cn2ncc(N=Nc3ccccc3CO)c2N)cc1. The average molecular weight is 435 g/mol. The number of nitrogens with zero attached hydrogens (tertiary/aromatic N) is 5. The van der Waals surface area contributed by atoms with Crippen LogP contribution in [0.2, 0.25) is 0 Å². The highest BCUT2D eigenvalue weighted by molar-refractivity contribution is 7.80. The van der Waals surface area contributed by atoms with Crippen molar-refractivity contribution >= 4 is 27.6 Å². The van der Waals surface area contributed by atoms with E-state index in [1.54, 1.807) is 23.0 Å². The average Bonchev–Trinajstić information content (AvgIpc) is 3.07. The van der Waals surface area contributed by atoms with Crippen LogP contribution in [-0.4, -0.2) is 35.0 Å². The molecule has 0 aliphatic heterocycles. The number of anilines is 1. The van der Waals surface area contributed by atoms with Crippen LogP contribution >= 0.6 is 0 Å². The van der Waals surface area contributed by atoms with Crippen LogP contribution in [0.25, 0.3) is 0 Å². The maximum Gasteiger partial charge on any atom is 0.397 e. The van der Waals surface area contributed by atoms with Crippen LogP contribution in [0.15, 0.2) is 65.2 Å². The van der Waals surface area contributed by atoms with Crippen molar-refractivity contribution in [2.24, 2.45) is 17.3 Å². The van der Waals surface area contributed by atoms with Crippen molar-refractivity contribution < 1.29 is 26.8 Å². The first-order chi connectivity index (χ1) is 14.2. The minimum atomic E-state index is -4.16. The third-order valence-electron chi connectivity index (χ3n) is 3.88. The first kappa shape index (κ1) is 23.1. The van der Waals surface area contributed by atoms with E-state index in [-0.39, 0.29) is 6.61 Å². The van der Waals surface area contributed by atoms with Gasteiger partial charge in [-0.1, -0.05) is 18.2 Å². The number of pyridine rings is 1. The number of nitrogen functional groups attached to an aromatic ring is 1. The zero-order valence-electron chi connectivity index (χ0n) is 16.5. The third kappa shape index (κ3) is 7.00. The van der Waals surface area contributed by atoms with Gasteiger partial charge in [0.25, 0.3) is 0 Å². The highest BCUT2D eigenvalue weighted by Crippen LogP contribution is 2.26. The molecule has 2 aromatic heterocycles. The summed E-state index contributed by atoms with van der Waals surface area (Å²) in [6, 6.07) is 11.3. The summed E-state index contributed by atoms with van der Waals surface area (Å²) < 4.78 is 33.4. The summed E-state index contributed by atoms with van der Waals surface area (Å²) in [5.41, 5.74) is 9.03. The number of benzene rings is 1. The number of aliphatic hydroxyl groups excluding tert-OH is 1. The summed E-state index contributed by atoms with van der Waals surface area (Å²) in [6.45, 7) is 0.477. The Labute approximate surface area is 174 Å². The molecule has 2 heterocycles. The predicted molar refractivity (Wildman–Crippen MR) is 108 cm³/mol. The molecule has 0 spiro atoms. The maximum atomic E-state index is 9.33. The van der Waals surface area contributed by atoms with Gasteiger partial charge >= 0.3 is 10.4 Å². The summed E-state index contributed by atoms with van der Waals surface area (Å²) >= 11 is 0. The Bertz CT molecular complexity index is 1100. The van der Waals surface area contributed by atoms with E-state index in [4.69, 9.17) is 10.3 Å². The monoisotopic (exact) mass is 435 g/mol. The van der Waals surface area contributed by atoms with Gasteiger partial charge in [-0.3, -0.25) is 8.74 Å². The zero-order chi connectivity index (χ0) is 22.1. The lowest BCUT2D eigenvalue weighted by molar-refractivity contribution is -0.671. The molecule has 0 saturated heterocycles. The van der Waals surface area contributed by atoms with Crippen molar-refractivity contribution in [1.82, 2.24) is 9.78 Å². The number of azo groups is 1. The first-order valence-electron chi connectivity index (χ1n) is 8.62. The minimum Gasteiger partial charge on any atom is -0.392 e. The van der Waals surface area contributed by atoms with Crippen molar-refractivity contribution in [3.8, 4) is 0 Å². The van der Waals surface area contributed by atoms with Crippen molar-refractivity contribution in [3.63, 3.8) is 0 Å². The molecule has 0 saturated carbocycles. The molecule has 0 atom stereocenters. The molecule has 0 bridgehead atoms. The van der Waals surface area contributed by atoms with Gasteiger partial charge in [0.05, 0.1) is 32.1 Å². The molecule has 3 aromatic rings. The molecule has 12 heteroatoms. The van der Waals surface area contributed by atoms with Crippen molar-refractivity contribution in [2.45, 2.75) is 13.2 Å². The van der Waals surface area contributed by atoms with Crippen molar-refractivity contribution in [3.05, 3.63) is 66.1 Å². The maximum absolute atomic E-state index is 9.33. The molecule has 0 unspecified atom stereocenters. The molecule has 0 fully saturated rings. The number of rotatable bonds is 6. The van der Waals surface area contributed by atoms with E-state index in [1.807, 2.05) is 48.3 Å². The zero-order valence-corrected chi connectivity index (χ0v) is 17.3. The van der Waals surface area contributed by atoms with Gasteiger partial charge in [0.2, 0.25) is 0 Å². The Morgan fingerprint density at radius 1 is 1.17 bits per heavy atom. The Hall–Kier alpha value is -3.19. The molecule has 0 amide bonds. The smallest absolute Gasteiger partial charge is 0.392 e. The van der Waals surface area contributed by atoms with Crippen LogP contribution in [0, 0.1) is 0 Å². The standard InChI is InChI=1S/C17H19N6O.CH4O4S/c1-22-8-6-13(7-9-22)11-23-17(18)16(10-19-23)21-20-15-5-3-2-4-14(15)12-24;1-5-6(2,3)4/h2-10,24H,11-12,18H2,1H3;1H3,(H,2,3,4)/q+1;. The summed E-state index contributed by atoms with van der Waals surface area (Å²) in [4.78, 5) is 0. The normalized spacial score (nSPS) is 11.3. The number of hydrogen-bond acceptors (Lipinski definition) is 8. The lowest BCUT2D eigenvalue weighted by atomic mass is 10.2. The molecule has 3 rings (SSSR count). The molecular weight excluding hydrogens is 412 g/mol. The molecule has 1 aromatic carbocycles. The number of nitrogens with two attached hydrogens (primary N) is 1. The summed E-state index contributed by atoms with van der Waals surface area (Å²) in [5, 5.41) is 21.9. The van der Waals surface area contributed by atoms with Gasteiger partial charge in [0.15, 0.2) is 12.4 Å². The fourth-order valence-corrected chi connectivity index (χ4v) is 2.25. The molecule has 4 N–H and O–H groups in total. The molecule has 0 aliphatic carbocycles. The van der Waals surface area contributed by atoms with Crippen molar-refractivity contribution in [1.29, 1.82) is 0 Å². The largest absolute Gasteiger partial charge is 0.397 e. The van der Waals surface area contributed by atoms with E-state index in [9.17, 15) is 13.5 Å². The van der Waals surface area contributed by atoms with Crippen LogP contribution in [-0.2, 0) is 34.8 Å². The van der Waals surface area contributed by atoms with Gasteiger partial charge in [0.1, 0.15) is 18.6 Å². The molecule has 160 valence electrons. The second-order valence-corrected chi connectivity index (χ2v) is 7.21. The molecule has 0 aliphatic rings. The van der Waals surface area contributed by atoms with Crippen molar-refractivity contribution in [2.75, 3.05) is 12.8 Å². The molecule has 0 radical (unpaired) electrons. The van der Waals surface area contributed by atoms with Gasteiger partial charge in [-0.25, -0.2) is 9.25 Å². The predicted octanol–water partition coefficient (Wildman–Crippen LogP) is 1.68. The van der Waals surface area contributed by atoms with Crippen LogP contribution in [0.3, 0.4) is 0 Å². The highest BCUT2D eigenvalue weighted by atomic mass is 32.3. The van der Waals surface area contributed by atoms with E-state index in [0.717, 1.165) is 12.7 Å². The number of hydrogen-bond donors (Lipinski definition) is 3. The van der Waals surface area contributed by atoms with Crippen LogP contribution < -0.4 is 10.3 Å².